The predicted octanol–water partition coefficient (Wildman–Crippen LogP) is 2.99. The van der Waals surface area contributed by atoms with Crippen LogP contribution < -0.4 is 5.32 Å². The Labute approximate surface area is 99.6 Å². The molecule has 0 saturated carbocycles. The van der Waals surface area contributed by atoms with Gasteiger partial charge >= 0.3 is 0 Å². The molecule has 1 N–H and O–H groups in total. The van der Waals surface area contributed by atoms with E-state index < -0.39 is 0 Å². The van der Waals surface area contributed by atoms with Crippen molar-refractivity contribution < 1.29 is 0 Å². The average molecular weight is 243 g/mol. The van der Waals surface area contributed by atoms with E-state index in [4.69, 9.17) is 0 Å². The Morgan fingerprint density at radius 1 is 1.60 bits per heavy atom. The van der Waals surface area contributed by atoms with Crippen LogP contribution in [0.1, 0.15) is 25.6 Å². The maximum Gasteiger partial charge on any atom is 0.202 e. The quantitative estimate of drug-likeness (QED) is 0.590. The van der Waals surface area contributed by atoms with Gasteiger partial charge in [-0.3, -0.25) is 0 Å². The third-order valence-electron chi connectivity index (χ3n) is 1.72. The smallest absolute Gasteiger partial charge is 0.202 e. The summed E-state index contributed by atoms with van der Waals surface area (Å²) in [5, 5.41) is 4.20. The molecule has 84 valence electrons. The van der Waals surface area contributed by atoms with Gasteiger partial charge in [-0.15, -0.1) is 6.58 Å². The van der Waals surface area contributed by atoms with Gasteiger partial charge in [0.25, 0.3) is 0 Å². The van der Waals surface area contributed by atoms with Crippen molar-refractivity contribution in [3.8, 4) is 0 Å². The summed E-state index contributed by atoms with van der Waals surface area (Å²) in [6.07, 6.45) is 1.92. The number of thioether (sulfide) groups is 1. The number of nitrogens with zero attached hydrogens (tertiary/aromatic N) is 2. The van der Waals surface area contributed by atoms with Crippen molar-refractivity contribution in [2.75, 3.05) is 23.4 Å². The molecule has 0 atom stereocenters. The lowest BCUT2D eigenvalue weighted by molar-refractivity contribution is 0.799. The Morgan fingerprint density at radius 2 is 2.40 bits per heavy atom. The molecule has 3 nitrogen and oxygen atoms in total. The Kier molecular flexibility index (Phi) is 5.71. The van der Waals surface area contributed by atoms with E-state index in [1.165, 1.54) is 11.5 Å². The van der Waals surface area contributed by atoms with E-state index in [1.54, 1.807) is 0 Å². The summed E-state index contributed by atoms with van der Waals surface area (Å²) in [4.78, 5) is 4.39. The molecule has 0 aliphatic carbocycles. The molecule has 0 spiro atoms. The molecule has 0 fully saturated rings. The van der Waals surface area contributed by atoms with Crippen LogP contribution in [0.3, 0.4) is 0 Å². The van der Waals surface area contributed by atoms with Gasteiger partial charge in [-0.2, -0.15) is 16.1 Å². The predicted molar refractivity (Wildman–Crippen MR) is 70.0 cm³/mol. The van der Waals surface area contributed by atoms with Crippen molar-refractivity contribution in [3.63, 3.8) is 0 Å². The second-order valence-corrected chi connectivity index (χ2v) is 5.30. The third-order valence-corrected chi connectivity index (χ3v) is 3.37. The molecular formula is C10H17N3S2. The summed E-state index contributed by atoms with van der Waals surface area (Å²) in [5.41, 5.74) is 0. The number of aromatic nitrogens is 2. The third kappa shape index (κ3) is 4.66. The van der Waals surface area contributed by atoms with Crippen LogP contribution in [-0.2, 0) is 0 Å². The monoisotopic (exact) mass is 243 g/mol. The van der Waals surface area contributed by atoms with E-state index in [0.29, 0.717) is 5.92 Å². The van der Waals surface area contributed by atoms with E-state index in [9.17, 15) is 0 Å². The van der Waals surface area contributed by atoms with Crippen molar-refractivity contribution in [3.05, 3.63) is 18.5 Å². The highest BCUT2D eigenvalue weighted by atomic mass is 32.2. The number of rotatable bonds is 7. The molecule has 1 aromatic heterocycles. The number of anilines is 1. The number of hydrogen-bond donors (Lipinski definition) is 1. The molecule has 0 bridgehead atoms. The van der Waals surface area contributed by atoms with Crippen LogP contribution in [0.25, 0.3) is 0 Å². The lowest BCUT2D eigenvalue weighted by Gasteiger charge is -2.00. The molecule has 1 aromatic rings. The molecule has 0 saturated heterocycles. The second-order valence-electron chi connectivity index (χ2n) is 3.40. The summed E-state index contributed by atoms with van der Waals surface area (Å²) in [6.45, 7) is 8.82. The Hall–Kier alpha value is -0.550. The molecule has 5 heteroatoms. The zero-order valence-electron chi connectivity index (χ0n) is 9.19. The highest BCUT2D eigenvalue weighted by Crippen LogP contribution is 2.17. The molecule has 1 heterocycles. The lowest BCUT2D eigenvalue weighted by Crippen LogP contribution is -2.04. The van der Waals surface area contributed by atoms with Crippen LogP contribution in [0.4, 0.5) is 5.13 Å². The SMILES string of the molecule is C=CCSCCNc1nc(C(C)C)ns1. The number of hydrogen-bond acceptors (Lipinski definition) is 5. The Bertz CT molecular complexity index is 297. The fraction of sp³-hybridized carbons (Fsp3) is 0.600. The highest BCUT2D eigenvalue weighted by Gasteiger charge is 2.06. The van der Waals surface area contributed by atoms with Crippen molar-refractivity contribution in [2.24, 2.45) is 0 Å². The van der Waals surface area contributed by atoms with Crippen LogP contribution in [0.5, 0.6) is 0 Å². The first-order chi connectivity index (χ1) is 7.24. The van der Waals surface area contributed by atoms with Crippen molar-refractivity contribution >= 4 is 28.4 Å². The first-order valence-electron chi connectivity index (χ1n) is 5.00. The minimum atomic E-state index is 0.409. The van der Waals surface area contributed by atoms with E-state index >= 15 is 0 Å². The van der Waals surface area contributed by atoms with Gasteiger partial charge in [0.2, 0.25) is 5.13 Å². The molecule has 0 aliphatic rings. The zero-order chi connectivity index (χ0) is 11.1. The molecule has 0 unspecified atom stereocenters. The molecule has 0 aromatic carbocycles. The largest absolute Gasteiger partial charge is 0.359 e. The van der Waals surface area contributed by atoms with Crippen LogP contribution in [0, 0.1) is 0 Å². The Balaban J connectivity index is 2.22. The zero-order valence-corrected chi connectivity index (χ0v) is 10.8. The van der Waals surface area contributed by atoms with Crippen LogP contribution >= 0.6 is 23.3 Å². The van der Waals surface area contributed by atoms with Crippen LogP contribution in [-0.4, -0.2) is 27.4 Å². The minimum absolute atomic E-state index is 0.409. The summed E-state index contributed by atoms with van der Waals surface area (Å²) in [6, 6.07) is 0. The summed E-state index contributed by atoms with van der Waals surface area (Å²) < 4.78 is 4.28. The molecule has 15 heavy (non-hydrogen) atoms. The molecule has 0 amide bonds. The van der Waals surface area contributed by atoms with Crippen molar-refractivity contribution in [2.45, 2.75) is 19.8 Å². The highest BCUT2D eigenvalue weighted by molar-refractivity contribution is 7.99. The fourth-order valence-corrected chi connectivity index (χ4v) is 2.25. The molecular weight excluding hydrogens is 226 g/mol. The van der Waals surface area contributed by atoms with Gasteiger partial charge in [0.1, 0.15) is 5.82 Å². The summed E-state index contributed by atoms with van der Waals surface area (Å²) >= 11 is 3.30. The van der Waals surface area contributed by atoms with E-state index in [2.05, 4.69) is 35.1 Å². The summed E-state index contributed by atoms with van der Waals surface area (Å²) in [7, 11) is 0. The first-order valence-corrected chi connectivity index (χ1v) is 6.93. The molecule has 0 aliphatic heterocycles. The maximum atomic E-state index is 4.39. The van der Waals surface area contributed by atoms with Crippen molar-refractivity contribution in [1.29, 1.82) is 0 Å². The van der Waals surface area contributed by atoms with Gasteiger partial charge in [-0.1, -0.05) is 19.9 Å². The average Bonchev–Trinajstić information content (AvgIpc) is 2.66. The number of nitrogens with one attached hydrogen (secondary N) is 1. The van der Waals surface area contributed by atoms with Gasteiger partial charge in [-0.25, -0.2) is 4.98 Å². The van der Waals surface area contributed by atoms with Crippen LogP contribution in [0.15, 0.2) is 12.7 Å². The maximum absolute atomic E-state index is 4.39. The van der Waals surface area contributed by atoms with E-state index in [1.807, 2.05) is 17.8 Å². The molecule has 1 rings (SSSR count). The standard InChI is InChI=1S/C10H17N3S2/c1-4-6-14-7-5-11-10-12-9(8(2)3)13-15-10/h4,8H,1,5-7H2,2-3H3,(H,11,12,13). The van der Waals surface area contributed by atoms with Crippen molar-refractivity contribution in [1.82, 2.24) is 9.36 Å². The van der Waals surface area contributed by atoms with E-state index in [0.717, 1.165) is 29.0 Å². The van der Waals surface area contributed by atoms with Gasteiger partial charge in [0.05, 0.1) is 0 Å². The van der Waals surface area contributed by atoms with E-state index in [-0.39, 0.29) is 0 Å². The lowest BCUT2D eigenvalue weighted by atomic mass is 10.2. The summed E-state index contributed by atoms with van der Waals surface area (Å²) in [5.74, 6) is 3.42. The first kappa shape index (κ1) is 12.5. The topological polar surface area (TPSA) is 37.8 Å². The minimum Gasteiger partial charge on any atom is -0.359 e. The second kappa shape index (κ2) is 6.85. The normalized spacial score (nSPS) is 10.6. The fourth-order valence-electron chi connectivity index (χ4n) is 0.938. The molecule has 0 radical (unpaired) electrons. The van der Waals surface area contributed by atoms with Gasteiger partial charge in [0, 0.05) is 35.5 Å². The van der Waals surface area contributed by atoms with Gasteiger partial charge in [-0.05, 0) is 0 Å². The van der Waals surface area contributed by atoms with Crippen LogP contribution in [0.2, 0.25) is 0 Å². The van der Waals surface area contributed by atoms with Gasteiger partial charge < -0.3 is 5.32 Å². The Morgan fingerprint density at radius 3 is 3.00 bits per heavy atom. The van der Waals surface area contributed by atoms with Gasteiger partial charge in [0.15, 0.2) is 0 Å².